The van der Waals surface area contributed by atoms with Gasteiger partial charge in [-0.2, -0.15) is 0 Å². The molecular weight excluding hydrogens is 300 g/mol. The van der Waals surface area contributed by atoms with Gasteiger partial charge in [0, 0.05) is 29.8 Å². The summed E-state index contributed by atoms with van der Waals surface area (Å²) in [5, 5.41) is 13.1. The molecule has 0 radical (unpaired) electrons. The molecule has 2 saturated carbocycles. The fourth-order valence-corrected chi connectivity index (χ4v) is 4.78. The first-order chi connectivity index (χ1) is 11.8. The molecule has 1 saturated heterocycles. The fourth-order valence-electron chi connectivity index (χ4n) is 4.78. The van der Waals surface area contributed by atoms with Crippen molar-refractivity contribution in [3.63, 3.8) is 0 Å². The van der Waals surface area contributed by atoms with E-state index in [-0.39, 0.29) is 6.10 Å². The summed E-state index contributed by atoms with van der Waals surface area (Å²) in [5.74, 6) is 1.36. The molecule has 24 heavy (non-hydrogen) atoms. The van der Waals surface area contributed by atoms with Gasteiger partial charge in [-0.1, -0.05) is 19.3 Å². The first-order valence-corrected chi connectivity index (χ1v) is 9.74. The largest absolute Gasteiger partial charge is 0.393 e. The monoisotopic (exact) mass is 330 g/mol. The summed E-state index contributed by atoms with van der Waals surface area (Å²) in [6.07, 6.45) is 12.6. The number of aliphatic hydroxyl groups excluding tert-OH is 1. The maximum atomic E-state index is 9.51. The molecule has 3 fully saturated rings. The van der Waals surface area contributed by atoms with E-state index >= 15 is 0 Å². The van der Waals surface area contributed by atoms with Crippen LogP contribution >= 0.6 is 0 Å². The third-order valence-electron chi connectivity index (χ3n) is 6.38. The quantitative estimate of drug-likeness (QED) is 0.869. The Morgan fingerprint density at radius 1 is 1.08 bits per heavy atom. The van der Waals surface area contributed by atoms with Crippen LogP contribution in [0.1, 0.15) is 69.4 Å². The Labute approximate surface area is 144 Å². The van der Waals surface area contributed by atoms with Gasteiger partial charge in [-0.25, -0.2) is 9.97 Å². The number of nitrogens with zero attached hydrogens (tertiary/aromatic N) is 3. The summed E-state index contributed by atoms with van der Waals surface area (Å²) in [5.41, 5.74) is 1.41. The van der Waals surface area contributed by atoms with Crippen molar-refractivity contribution in [2.75, 3.05) is 25.0 Å². The van der Waals surface area contributed by atoms with Crippen molar-refractivity contribution in [1.82, 2.24) is 14.9 Å². The highest BCUT2D eigenvalue weighted by Crippen LogP contribution is 2.38. The van der Waals surface area contributed by atoms with Crippen molar-refractivity contribution >= 4 is 5.82 Å². The number of nitrogens with one attached hydrogen (secondary N) is 1. The van der Waals surface area contributed by atoms with Gasteiger partial charge >= 0.3 is 0 Å². The Kier molecular flexibility index (Phi) is 4.72. The molecular formula is C19H30N4O. The van der Waals surface area contributed by atoms with Gasteiger partial charge in [0.05, 0.1) is 6.10 Å². The second-order valence-electron chi connectivity index (χ2n) is 7.98. The predicted octanol–water partition coefficient (Wildman–Crippen LogP) is 2.93. The molecule has 1 aromatic heterocycles. The van der Waals surface area contributed by atoms with Crippen LogP contribution in [0.25, 0.3) is 0 Å². The maximum absolute atomic E-state index is 9.51. The van der Waals surface area contributed by atoms with Crippen molar-refractivity contribution in [3.05, 3.63) is 18.1 Å². The Morgan fingerprint density at radius 2 is 1.83 bits per heavy atom. The van der Waals surface area contributed by atoms with E-state index in [9.17, 15) is 5.11 Å². The molecule has 0 aromatic carbocycles. The minimum Gasteiger partial charge on any atom is -0.393 e. The average Bonchev–Trinajstić information content (AvgIpc) is 3.09. The minimum atomic E-state index is -0.137. The molecule has 2 aliphatic carbocycles. The first-order valence-electron chi connectivity index (χ1n) is 9.74. The van der Waals surface area contributed by atoms with E-state index in [4.69, 9.17) is 0 Å². The molecule has 1 aromatic rings. The molecule has 5 heteroatoms. The summed E-state index contributed by atoms with van der Waals surface area (Å²) in [4.78, 5) is 11.6. The summed E-state index contributed by atoms with van der Waals surface area (Å²) in [7, 11) is 0. The highest BCUT2D eigenvalue weighted by Gasteiger charge is 2.39. The number of likely N-dealkylation sites (tertiary alicyclic amines) is 1. The summed E-state index contributed by atoms with van der Waals surface area (Å²) >= 11 is 0. The van der Waals surface area contributed by atoms with Gasteiger partial charge in [-0.15, -0.1) is 0 Å². The number of aromatic nitrogens is 2. The lowest BCUT2D eigenvalue weighted by Crippen LogP contribution is -2.53. The molecule has 0 amide bonds. The Balaban J connectivity index is 1.41. The van der Waals surface area contributed by atoms with Crippen LogP contribution in [0.4, 0.5) is 5.82 Å². The Morgan fingerprint density at radius 3 is 2.54 bits per heavy atom. The average molecular weight is 330 g/mol. The van der Waals surface area contributed by atoms with E-state index in [0.29, 0.717) is 11.5 Å². The van der Waals surface area contributed by atoms with Crippen LogP contribution in [-0.4, -0.2) is 51.3 Å². The molecule has 4 rings (SSSR count). The predicted molar refractivity (Wildman–Crippen MR) is 95.1 cm³/mol. The molecule has 132 valence electrons. The molecule has 0 bridgehead atoms. The van der Waals surface area contributed by atoms with Crippen LogP contribution < -0.4 is 5.32 Å². The van der Waals surface area contributed by atoms with Crippen LogP contribution in [0.5, 0.6) is 0 Å². The zero-order valence-electron chi connectivity index (χ0n) is 14.6. The molecule has 0 spiro atoms. The van der Waals surface area contributed by atoms with Gasteiger partial charge in [0.15, 0.2) is 0 Å². The normalized spacial score (nSPS) is 30.0. The van der Waals surface area contributed by atoms with E-state index in [0.717, 1.165) is 30.9 Å². The van der Waals surface area contributed by atoms with E-state index in [1.807, 2.05) is 0 Å². The van der Waals surface area contributed by atoms with Gasteiger partial charge in [0.25, 0.3) is 0 Å². The minimum absolute atomic E-state index is 0.137. The summed E-state index contributed by atoms with van der Waals surface area (Å²) in [6.45, 7) is 3.52. The molecule has 3 aliphatic rings. The SMILES string of the molecule is OC1CC(c2cc(NCC3(N4CCCCC4)CCCC3)ncn2)C1. The molecule has 0 unspecified atom stereocenters. The number of hydrogen-bond donors (Lipinski definition) is 2. The lowest BCUT2D eigenvalue weighted by atomic mass is 9.80. The molecule has 0 atom stereocenters. The fraction of sp³-hybridized carbons (Fsp3) is 0.789. The highest BCUT2D eigenvalue weighted by atomic mass is 16.3. The highest BCUT2D eigenvalue weighted by molar-refractivity contribution is 5.37. The van der Waals surface area contributed by atoms with Crippen molar-refractivity contribution < 1.29 is 5.11 Å². The molecule has 5 nitrogen and oxygen atoms in total. The van der Waals surface area contributed by atoms with Crippen molar-refractivity contribution in [2.45, 2.75) is 75.3 Å². The third-order valence-corrected chi connectivity index (χ3v) is 6.38. The smallest absolute Gasteiger partial charge is 0.129 e. The standard InChI is InChI=1S/C19H30N4O/c24-16-10-15(11-16)17-12-18(22-14-21-17)20-13-19(6-2-3-7-19)23-8-4-1-5-9-23/h12,14-16,24H,1-11,13H2,(H,20,21,22). The first kappa shape index (κ1) is 16.3. The summed E-state index contributed by atoms with van der Waals surface area (Å²) in [6, 6.07) is 2.09. The number of aliphatic hydroxyl groups is 1. The maximum Gasteiger partial charge on any atom is 0.129 e. The topological polar surface area (TPSA) is 61.3 Å². The lowest BCUT2D eigenvalue weighted by molar-refractivity contribution is 0.0732. The van der Waals surface area contributed by atoms with Gasteiger partial charge in [0.2, 0.25) is 0 Å². The zero-order valence-corrected chi connectivity index (χ0v) is 14.6. The molecule has 1 aliphatic heterocycles. The van der Waals surface area contributed by atoms with E-state index < -0.39 is 0 Å². The van der Waals surface area contributed by atoms with E-state index in [1.54, 1.807) is 6.33 Å². The third kappa shape index (κ3) is 3.29. The Hall–Kier alpha value is -1.20. The van der Waals surface area contributed by atoms with Crippen LogP contribution in [0.2, 0.25) is 0 Å². The van der Waals surface area contributed by atoms with Crippen molar-refractivity contribution in [3.8, 4) is 0 Å². The van der Waals surface area contributed by atoms with Crippen LogP contribution in [0, 0.1) is 0 Å². The number of piperidine rings is 1. The lowest BCUT2D eigenvalue weighted by Gasteiger charge is -2.44. The zero-order chi connectivity index (χ0) is 16.4. The molecule has 2 heterocycles. The second-order valence-corrected chi connectivity index (χ2v) is 7.98. The number of hydrogen-bond acceptors (Lipinski definition) is 5. The van der Waals surface area contributed by atoms with Crippen molar-refractivity contribution in [2.24, 2.45) is 0 Å². The Bertz CT molecular complexity index is 546. The van der Waals surface area contributed by atoms with Crippen molar-refractivity contribution in [1.29, 1.82) is 0 Å². The van der Waals surface area contributed by atoms with Crippen LogP contribution in [-0.2, 0) is 0 Å². The van der Waals surface area contributed by atoms with Crippen LogP contribution in [0.3, 0.4) is 0 Å². The van der Waals surface area contributed by atoms with E-state index in [1.165, 1.54) is 58.0 Å². The van der Waals surface area contributed by atoms with Gasteiger partial charge in [0.1, 0.15) is 12.1 Å². The summed E-state index contributed by atoms with van der Waals surface area (Å²) < 4.78 is 0. The number of anilines is 1. The van der Waals surface area contributed by atoms with Crippen LogP contribution in [0.15, 0.2) is 12.4 Å². The molecule has 2 N–H and O–H groups in total. The van der Waals surface area contributed by atoms with Gasteiger partial charge in [-0.05, 0) is 51.6 Å². The van der Waals surface area contributed by atoms with Gasteiger partial charge in [-0.3, -0.25) is 4.90 Å². The van der Waals surface area contributed by atoms with E-state index in [2.05, 4.69) is 26.3 Å². The van der Waals surface area contributed by atoms with Gasteiger partial charge < -0.3 is 10.4 Å². The second kappa shape index (κ2) is 6.96. The number of rotatable bonds is 5.